The van der Waals surface area contributed by atoms with E-state index in [0.29, 0.717) is 12.0 Å². The van der Waals surface area contributed by atoms with Crippen molar-refractivity contribution < 1.29 is 9.40 Å². The number of hydrogen-bond donors (Lipinski definition) is 1. The third-order valence-electron chi connectivity index (χ3n) is 5.69. The van der Waals surface area contributed by atoms with E-state index < -0.39 is 0 Å². The van der Waals surface area contributed by atoms with Crippen LogP contribution in [-0.2, 0) is 6.42 Å². The van der Waals surface area contributed by atoms with Gasteiger partial charge in [0.05, 0.1) is 22.7 Å². The lowest BCUT2D eigenvalue weighted by molar-refractivity contribution is -0.310. The van der Waals surface area contributed by atoms with Crippen LogP contribution in [0.25, 0.3) is 21.8 Å². The molecule has 0 spiro atoms. The van der Waals surface area contributed by atoms with E-state index >= 15 is 0 Å². The van der Waals surface area contributed by atoms with Crippen LogP contribution >= 0.6 is 0 Å². The Morgan fingerprint density at radius 2 is 1.62 bits per heavy atom. The van der Waals surface area contributed by atoms with Gasteiger partial charge in [-0.3, -0.25) is 0 Å². The highest BCUT2D eigenvalue weighted by atomic mass is 16.3. The highest BCUT2D eigenvalue weighted by molar-refractivity contribution is 6.04. The number of pyridine rings is 1. The Morgan fingerprint density at radius 3 is 2.31 bits per heavy atom. The van der Waals surface area contributed by atoms with Crippen LogP contribution in [0.2, 0.25) is 0 Å². The molecule has 2 heterocycles. The van der Waals surface area contributed by atoms with Crippen LogP contribution in [0, 0.1) is 5.92 Å². The summed E-state index contributed by atoms with van der Waals surface area (Å²) in [6.07, 6.45) is 6.54. The number of H-pyrrole nitrogens is 1. The molecule has 2 aromatic heterocycles. The number of para-hydroxylation sites is 2. The van der Waals surface area contributed by atoms with Crippen molar-refractivity contribution in [2.75, 3.05) is 5.32 Å². The van der Waals surface area contributed by atoms with Gasteiger partial charge < -0.3 is 9.73 Å². The Kier molecular flexibility index (Phi) is 3.85. The number of aromatic amines is 1. The molecule has 2 aromatic carbocycles. The molecule has 5 rings (SSSR count). The summed E-state index contributed by atoms with van der Waals surface area (Å²) in [6, 6.07) is 21.7. The number of anilines is 1. The molecule has 0 amide bonds. The predicted molar refractivity (Wildman–Crippen MR) is 105 cm³/mol. The second kappa shape index (κ2) is 6.49. The van der Waals surface area contributed by atoms with Crippen molar-refractivity contribution in [1.29, 1.82) is 0 Å². The molecule has 130 valence electrons. The molecule has 3 heteroatoms. The maximum Gasteiger partial charge on any atom is 0.213 e. The molecule has 1 saturated carbocycles. The van der Waals surface area contributed by atoms with Crippen LogP contribution in [0.5, 0.6) is 0 Å². The van der Waals surface area contributed by atoms with Crippen LogP contribution in [0.15, 0.2) is 71.3 Å². The number of rotatable bonds is 4. The van der Waals surface area contributed by atoms with Crippen molar-refractivity contribution in [3.8, 4) is 0 Å². The van der Waals surface area contributed by atoms with Gasteiger partial charge in [0, 0.05) is 24.6 Å². The topological polar surface area (TPSA) is 39.3 Å². The molecule has 26 heavy (non-hydrogen) atoms. The molecule has 0 unspecified atom stereocenters. The predicted octanol–water partition coefficient (Wildman–Crippen LogP) is 5.22. The van der Waals surface area contributed by atoms with Gasteiger partial charge in [0.2, 0.25) is 11.0 Å². The number of benzene rings is 2. The minimum absolute atomic E-state index is 0.481. The molecule has 3 nitrogen and oxygen atoms in total. The van der Waals surface area contributed by atoms with Gasteiger partial charge in [-0.15, -0.1) is 0 Å². The summed E-state index contributed by atoms with van der Waals surface area (Å²) in [4.78, 5) is 3.57. The van der Waals surface area contributed by atoms with E-state index in [0.717, 1.165) is 12.2 Å². The van der Waals surface area contributed by atoms with Crippen LogP contribution < -0.4 is 10.3 Å². The summed E-state index contributed by atoms with van der Waals surface area (Å²) in [5, 5.41) is 6.45. The Balaban J connectivity index is 1.55. The summed E-state index contributed by atoms with van der Waals surface area (Å²) in [7, 11) is 0. The molecule has 0 bridgehead atoms. The van der Waals surface area contributed by atoms with Gasteiger partial charge in [0.15, 0.2) is 0 Å². The first-order valence-electron chi connectivity index (χ1n) is 9.50. The SMILES string of the molecule is c1coc(C[C@H]2CCC[C@H]2Nc2c3ccccc3[nH+]c3ccccc23)c1. The van der Waals surface area contributed by atoms with Gasteiger partial charge in [-0.1, -0.05) is 30.7 Å². The molecule has 2 N–H and O–H groups in total. The van der Waals surface area contributed by atoms with E-state index in [1.165, 1.54) is 46.8 Å². The lowest BCUT2D eigenvalue weighted by Gasteiger charge is -2.22. The lowest BCUT2D eigenvalue weighted by atomic mass is 9.97. The molecule has 0 saturated heterocycles. The number of nitrogens with one attached hydrogen (secondary N) is 2. The second-order valence-corrected chi connectivity index (χ2v) is 7.32. The average Bonchev–Trinajstić information content (AvgIpc) is 3.34. The summed E-state index contributed by atoms with van der Waals surface area (Å²) in [5.41, 5.74) is 3.61. The van der Waals surface area contributed by atoms with Crippen LogP contribution in [0.1, 0.15) is 25.0 Å². The highest BCUT2D eigenvalue weighted by Crippen LogP contribution is 2.35. The standard InChI is InChI=1S/C23H22N2O/c1-3-11-21-18(9-1)23(19-10-2-4-12-22(19)24-21)25-20-13-5-7-16(20)15-17-8-6-14-26-17/h1-4,6,8-12,14,16,20H,5,7,13,15H2,(H,24,25)/p+1/t16-,20-/m1/s1. The number of fused-ring (bicyclic) bond motifs is 2. The summed E-state index contributed by atoms with van der Waals surface area (Å²) in [5.74, 6) is 1.71. The molecular formula is C23H23N2O+. The van der Waals surface area contributed by atoms with Crippen molar-refractivity contribution in [3.63, 3.8) is 0 Å². The van der Waals surface area contributed by atoms with Crippen molar-refractivity contribution in [3.05, 3.63) is 72.7 Å². The molecule has 2 atom stereocenters. The van der Waals surface area contributed by atoms with Gasteiger partial charge in [-0.25, -0.2) is 4.98 Å². The number of aromatic nitrogens is 1. The third kappa shape index (κ3) is 2.74. The summed E-state index contributed by atoms with van der Waals surface area (Å²) in [6.45, 7) is 0. The van der Waals surface area contributed by atoms with E-state index in [-0.39, 0.29) is 0 Å². The van der Waals surface area contributed by atoms with E-state index in [1.54, 1.807) is 6.26 Å². The van der Waals surface area contributed by atoms with Gasteiger partial charge in [0.25, 0.3) is 0 Å². The smallest absolute Gasteiger partial charge is 0.213 e. The van der Waals surface area contributed by atoms with Gasteiger partial charge in [-0.2, -0.15) is 0 Å². The molecule has 4 aromatic rings. The van der Waals surface area contributed by atoms with Gasteiger partial charge in [0.1, 0.15) is 5.76 Å². The quantitative estimate of drug-likeness (QED) is 0.516. The first-order chi connectivity index (χ1) is 12.9. The van der Waals surface area contributed by atoms with Crippen molar-refractivity contribution in [2.24, 2.45) is 5.92 Å². The zero-order valence-electron chi connectivity index (χ0n) is 14.7. The van der Waals surface area contributed by atoms with E-state index in [4.69, 9.17) is 4.42 Å². The Labute approximate surface area is 153 Å². The molecule has 1 aliphatic carbocycles. The molecule has 1 aliphatic rings. The van der Waals surface area contributed by atoms with E-state index in [1.807, 2.05) is 6.07 Å². The van der Waals surface area contributed by atoms with Crippen molar-refractivity contribution >= 4 is 27.5 Å². The lowest BCUT2D eigenvalue weighted by Crippen LogP contribution is -2.26. The van der Waals surface area contributed by atoms with Crippen LogP contribution in [0.3, 0.4) is 0 Å². The minimum Gasteiger partial charge on any atom is -0.469 e. The molecule has 1 fully saturated rings. The van der Waals surface area contributed by atoms with Gasteiger partial charge >= 0.3 is 0 Å². The fraction of sp³-hybridized carbons (Fsp3) is 0.261. The Bertz CT molecular complexity index is 985. The minimum atomic E-state index is 0.481. The summed E-state index contributed by atoms with van der Waals surface area (Å²) < 4.78 is 5.60. The largest absolute Gasteiger partial charge is 0.469 e. The maximum absolute atomic E-state index is 5.60. The van der Waals surface area contributed by atoms with Crippen molar-refractivity contribution in [2.45, 2.75) is 31.7 Å². The molecular weight excluding hydrogens is 320 g/mol. The zero-order valence-corrected chi connectivity index (χ0v) is 14.7. The van der Waals surface area contributed by atoms with Crippen LogP contribution in [-0.4, -0.2) is 6.04 Å². The maximum atomic E-state index is 5.60. The fourth-order valence-electron chi connectivity index (χ4n) is 4.41. The molecule has 0 radical (unpaired) electrons. The fourth-order valence-corrected chi connectivity index (χ4v) is 4.41. The first kappa shape index (κ1) is 15.4. The van der Waals surface area contributed by atoms with Crippen molar-refractivity contribution in [1.82, 2.24) is 0 Å². The first-order valence-corrected chi connectivity index (χ1v) is 9.50. The normalized spacial score (nSPS) is 20.0. The monoisotopic (exact) mass is 343 g/mol. The Morgan fingerprint density at radius 1 is 0.885 bits per heavy atom. The third-order valence-corrected chi connectivity index (χ3v) is 5.69. The van der Waals surface area contributed by atoms with E-state index in [9.17, 15) is 0 Å². The number of furan rings is 1. The van der Waals surface area contributed by atoms with E-state index in [2.05, 4.69) is 64.9 Å². The molecule has 0 aliphatic heterocycles. The second-order valence-electron chi connectivity index (χ2n) is 7.32. The Hall–Kier alpha value is -2.81. The highest BCUT2D eigenvalue weighted by Gasteiger charge is 2.29. The summed E-state index contributed by atoms with van der Waals surface area (Å²) >= 11 is 0. The van der Waals surface area contributed by atoms with Crippen LogP contribution in [0.4, 0.5) is 5.69 Å². The van der Waals surface area contributed by atoms with Gasteiger partial charge in [-0.05, 0) is 43.0 Å². The number of hydrogen-bond acceptors (Lipinski definition) is 2. The zero-order chi connectivity index (χ0) is 17.3. The average molecular weight is 343 g/mol.